The predicted octanol–water partition coefficient (Wildman–Crippen LogP) is 3.77. The van der Waals surface area contributed by atoms with E-state index in [0.29, 0.717) is 11.5 Å². The molecule has 0 aromatic heterocycles. The highest BCUT2D eigenvalue weighted by Gasteiger charge is 2.31. The van der Waals surface area contributed by atoms with E-state index in [9.17, 15) is 8.42 Å². The topological polar surface area (TPSA) is 55.4 Å². The van der Waals surface area contributed by atoms with E-state index in [1.54, 1.807) is 13.2 Å². The van der Waals surface area contributed by atoms with Gasteiger partial charge in [-0.3, -0.25) is 0 Å². The average molecular weight is 327 g/mol. The van der Waals surface area contributed by atoms with Crippen molar-refractivity contribution in [1.29, 1.82) is 0 Å². The number of ether oxygens (including phenoxy) is 1. The Morgan fingerprint density at radius 2 is 1.64 bits per heavy atom. The van der Waals surface area contributed by atoms with E-state index in [-0.39, 0.29) is 4.90 Å². The van der Waals surface area contributed by atoms with E-state index < -0.39 is 21.2 Å². The molecule has 5 heteroatoms. The Morgan fingerprint density at radius 3 is 2.05 bits per heavy atom. The van der Waals surface area contributed by atoms with Gasteiger partial charge in [-0.2, -0.15) is 0 Å². The summed E-state index contributed by atoms with van der Waals surface area (Å²) in [5.41, 5.74) is 0.546. The summed E-state index contributed by atoms with van der Waals surface area (Å²) in [6.45, 7) is 13.4. The molecule has 0 heterocycles. The van der Waals surface area contributed by atoms with Gasteiger partial charge in [0, 0.05) is 18.2 Å². The zero-order valence-corrected chi connectivity index (χ0v) is 15.8. The molecule has 1 rings (SSSR count). The fraction of sp³-hybridized carbons (Fsp3) is 0.647. The van der Waals surface area contributed by atoms with Crippen LogP contribution < -0.4 is 4.72 Å². The van der Waals surface area contributed by atoms with Crippen molar-refractivity contribution < 1.29 is 13.2 Å². The van der Waals surface area contributed by atoms with E-state index in [1.807, 2.05) is 46.8 Å². The van der Waals surface area contributed by atoms with Gasteiger partial charge in [0.1, 0.15) is 0 Å². The second kappa shape index (κ2) is 6.30. The minimum atomic E-state index is -3.61. The average Bonchev–Trinajstić information content (AvgIpc) is 2.35. The standard InChI is InChI=1S/C17H29NO3S/c1-12(2)13-9-10-15(14(11-13)17(6,7)21-8)22(19,20)18-16(3,4)5/h9-12,18H,1-8H3. The van der Waals surface area contributed by atoms with Crippen LogP contribution in [0.25, 0.3) is 0 Å². The van der Waals surface area contributed by atoms with Crippen molar-refractivity contribution in [3.63, 3.8) is 0 Å². The summed E-state index contributed by atoms with van der Waals surface area (Å²) in [5.74, 6) is 0.318. The summed E-state index contributed by atoms with van der Waals surface area (Å²) in [6, 6.07) is 5.49. The van der Waals surface area contributed by atoms with E-state index in [0.717, 1.165) is 5.56 Å². The van der Waals surface area contributed by atoms with Gasteiger partial charge in [-0.05, 0) is 52.2 Å². The third-order valence-electron chi connectivity index (χ3n) is 3.56. The lowest BCUT2D eigenvalue weighted by Crippen LogP contribution is -2.41. The van der Waals surface area contributed by atoms with E-state index in [4.69, 9.17) is 4.74 Å². The molecule has 0 saturated heterocycles. The van der Waals surface area contributed by atoms with Gasteiger partial charge in [0.25, 0.3) is 0 Å². The van der Waals surface area contributed by atoms with Crippen molar-refractivity contribution in [2.75, 3.05) is 7.11 Å². The molecule has 0 aliphatic heterocycles. The fourth-order valence-corrected chi connectivity index (χ4v) is 3.94. The Labute approximate surface area is 135 Å². The Bertz CT molecular complexity index is 626. The van der Waals surface area contributed by atoms with Crippen LogP contribution in [0.5, 0.6) is 0 Å². The quantitative estimate of drug-likeness (QED) is 0.895. The molecular formula is C17H29NO3S. The van der Waals surface area contributed by atoms with E-state index in [1.165, 1.54) is 0 Å². The highest BCUT2D eigenvalue weighted by Crippen LogP contribution is 2.33. The van der Waals surface area contributed by atoms with Crippen LogP contribution >= 0.6 is 0 Å². The smallest absolute Gasteiger partial charge is 0.241 e. The van der Waals surface area contributed by atoms with Crippen molar-refractivity contribution in [2.24, 2.45) is 0 Å². The summed E-state index contributed by atoms with van der Waals surface area (Å²) in [7, 11) is -2.02. The fourth-order valence-electron chi connectivity index (χ4n) is 2.18. The number of nitrogens with one attached hydrogen (secondary N) is 1. The maximum absolute atomic E-state index is 12.7. The van der Waals surface area contributed by atoms with Gasteiger partial charge < -0.3 is 4.74 Å². The molecular weight excluding hydrogens is 298 g/mol. The molecule has 1 aromatic rings. The first-order valence-electron chi connectivity index (χ1n) is 7.54. The third kappa shape index (κ3) is 4.54. The Morgan fingerprint density at radius 1 is 1.09 bits per heavy atom. The minimum Gasteiger partial charge on any atom is -0.374 e. The molecule has 0 spiro atoms. The molecule has 0 fully saturated rings. The van der Waals surface area contributed by atoms with Crippen LogP contribution in [0.3, 0.4) is 0 Å². The first-order valence-corrected chi connectivity index (χ1v) is 9.02. The molecule has 1 aromatic carbocycles. The molecule has 1 N–H and O–H groups in total. The molecule has 0 atom stereocenters. The summed E-state index contributed by atoms with van der Waals surface area (Å²) in [5, 5.41) is 0. The summed E-state index contributed by atoms with van der Waals surface area (Å²) in [4.78, 5) is 0.277. The van der Waals surface area contributed by atoms with Gasteiger partial charge in [0.2, 0.25) is 10.0 Å². The lowest BCUT2D eigenvalue weighted by Gasteiger charge is -2.29. The second-order valence-electron chi connectivity index (χ2n) is 7.48. The molecule has 126 valence electrons. The zero-order chi connectivity index (χ0) is 17.3. The lowest BCUT2D eigenvalue weighted by atomic mass is 9.93. The molecule has 0 aliphatic carbocycles. The highest BCUT2D eigenvalue weighted by molar-refractivity contribution is 7.89. The van der Waals surface area contributed by atoms with Crippen LogP contribution in [-0.4, -0.2) is 21.1 Å². The molecule has 0 unspecified atom stereocenters. The summed E-state index contributed by atoms with van der Waals surface area (Å²) < 4.78 is 33.7. The number of sulfonamides is 1. The van der Waals surface area contributed by atoms with Crippen LogP contribution in [0.2, 0.25) is 0 Å². The Balaban J connectivity index is 3.55. The highest BCUT2D eigenvalue weighted by atomic mass is 32.2. The zero-order valence-electron chi connectivity index (χ0n) is 14.9. The van der Waals surface area contributed by atoms with Crippen LogP contribution in [0.1, 0.15) is 65.5 Å². The van der Waals surface area contributed by atoms with Crippen LogP contribution in [0.15, 0.2) is 23.1 Å². The molecule has 0 amide bonds. The Kier molecular flexibility index (Phi) is 5.48. The number of hydrogen-bond acceptors (Lipinski definition) is 3. The van der Waals surface area contributed by atoms with Gasteiger partial charge in [-0.15, -0.1) is 0 Å². The Hall–Kier alpha value is -0.910. The van der Waals surface area contributed by atoms with Gasteiger partial charge in [-0.1, -0.05) is 26.0 Å². The number of hydrogen-bond donors (Lipinski definition) is 1. The van der Waals surface area contributed by atoms with Crippen LogP contribution in [0, 0.1) is 0 Å². The van der Waals surface area contributed by atoms with Crippen molar-refractivity contribution in [1.82, 2.24) is 4.72 Å². The lowest BCUT2D eigenvalue weighted by molar-refractivity contribution is 0.0167. The second-order valence-corrected chi connectivity index (χ2v) is 9.13. The van der Waals surface area contributed by atoms with Gasteiger partial charge >= 0.3 is 0 Å². The maximum Gasteiger partial charge on any atom is 0.241 e. The first-order chi connectivity index (χ1) is 9.80. The summed E-state index contributed by atoms with van der Waals surface area (Å²) in [6.07, 6.45) is 0. The van der Waals surface area contributed by atoms with Crippen molar-refractivity contribution in [3.05, 3.63) is 29.3 Å². The summed E-state index contributed by atoms with van der Waals surface area (Å²) >= 11 is 0. The monoisotopic (exact) mass is 327 g/mol. The molecule has 0 bridgehead atoms. The largest absolute Gasteiger partial charge is 0.374 e. The third-order valence-corrected chi connectivity index (χ3v) is 5.38. The van der Waals surface area contributed by atoms with Crippen molar-refractivity contribution in [2.45, 2.75) is 70.4 Å². The normalized spacial score (nSPS) is 13.7. The predicted molar refractivity (Wildman–Crippen MR) is 90.6 cm³/mol. The van der Waals surface area contributed by atoms with Crippen LogP contribution in [0.4, 0.5) is 0 Å². The van der Waals surface area contributed by atoms with E-state index in [2.05, 4.69) is 18.6 Å². The molecule has 4 nitrogen and oxygen atoms in total. The molecule has 22 heavy (non-hydrogen) atoms. The minimum absolute atomic E-state index is 0.277. The maximum atomic E-state index is 12.7. The van der Waals surface area contributed by atoms with E-state index >= 15 is 0 Å². The number of methoxy groups -OCH3 is 1. The van der Waals surface area contributed by atoms with Crippen molar-refractivity contribution >= 4 is 10.0 Å². The SMILES string of the molecule is COC(C)(C)c1cc(C(C)C)ccc1S(=O)(=O)NC(C)(C)C. The van der Waals surface area contributed by atoms with Gasteiger partial charge in [0.15, 0.2) is 0 Å². The number of benzene rings is 1. The van der Waals surface area contributed by atoms with Gasteiger partial charge in [-0.25, -0.2) is 13.1 Å². The van der Waals surface area contributed by atoms with Crippen molar-refractivity contribution in [3.8, 4) is 0 Å². The van der Waals surface area contributed by atoms with Crippen LogP contribution in [-0.2, 0) is 20.4 Å². The molecule has 0 aliphatic rings. The first kappa shape index (κ1) is 19.1. The molecule has 0 radical (unpaired) electrons. The number of rotatable bonds is 5. The molecule has 0 saturated carbocycles. The van der Waals surface area contributed by atoms with Gasteiger partial charge in [0.05, 0.1) is 10.5 Å².